The van der Waals surface area contributed by atoms with Crippen LogP contribution in [0, 0.1) is 11.3 Å². The van der Waals surface area contributed by atoms with Crippen LogP contribution in [0.5, 0.6) is 17.2 Å². The maximum atomic E-state index is 12.5. The van der Waals surface area contributed by atoms with Crippen molar-refractivity contribution in [3.63, 3.8) is 0 Å². The van der Waals surface area contributed by atoms with E-state index in [1.165, 1.54) is 31.5 Å². The van der Waals surface area contributed by atoms with Crippen LogP contribution in [0.4, 0.5) is 5.69 Å². The SMILES string of the molecule is CCCCCCCOc1ccc(C(=O)Oc2ccc(C=Nc3ccccc3C#N)c(O)c2)cc1. The molecular formula is C28H28N2O4. The monoisotopic (exact) mass is 456 g/mol. The van der Waals surface area contributed by atoms with Crippen LogP contribution in [0.2, 0.25) is 0 Å². The van der Waals surface area contributed by atoms with Crippen molar-refractivity contribution in [1.82, 2.24) is 0 Å². The Morgan fingerprint density at radius 3 is 2.47 bits per heavy atom. The first-order valence-electron chi connectivity index (χ1n) is 11.4. The van der Waals surface area contributed by atoms with E-state index in [0.29, 0.717) is 34.7 Å². The van der Waals surface area contributed by atoms with E-state index >= 15 is 0 Å². The predicted octanol–water partition coefficient (Wildman–Crippen LogP) is 6.58. The second kappa shape index (κ2) is 12.8. The molecule has 0 heterocycles. The highest BCUT2D eigenvalue weighted by Crippen LogP contribution is 2.25. The first-order valence-corrected chi connectivity index (χ1v) is 11.4. The third-order valence-electron chi connectivity index (χ3n) is 5.19. The number of ether oxygens (including phenoxy) is 2. The van der Waals surface area contributed by atoms with Gasteiger partial charge in [0.2, 0.25) is 0 Å². The van der Waals surface area contributed by atoms with Crippen molar-refractivity contribution < 1.29 is 19.4 Å². The molecule has 0 bridgehead atoms. The van der Waals surface area contributed by atoms with Gasteiger partial charge in [0.15, 0.2) is 0 Å². The molecule has 0 radical (unpaired) electrons. The van der Waals surface area contributed by atoms with Crippen molar-refractivity contribution in [2.24, 2.45) is 4.99 Å². The molecule has 3 rings (SSSR count). The summed E-state index contributed by atoms with van der Waals surface area (Å²) in [6.45, 7) is 2.85. The number of unbranched alkanes of at least 4 members (excludes halogenated alkanes) is 4. The number of aliphatic imine (C=N–C) groups is 1. The lowest BCUT2D eigenvalue weighted by molar-refractivity contribution is 0.0734. The molecule has 1 N–H and O–H groups in total. The molecule has 0 saturated heterocycles. The molecule has 0 saturated carbocycles. The van der Waals surface area contributed by atoms with Crippen molar-refractivity contribution in [1.29, 1.82) is 5.26 Å². The number of hydrogen-bond acceptors (Lipinski definition) is 6. The van der Waals surface area contributed by atoms with Crippen LogP contribution in [-0.2, 0) is 0 Å². The average molecular weight is 457 g/mol. The van der Waals surface area contributed by atoms with Crippen molar-refractivity contribution >= 4 is 17.9 Å². The Hall–Kier alpha value is -4.11. The van der Waals surface area contributed by atoms with Gasteiger partial charge in [-0.2, -0.15) is 5.26 Å². The average Bonchev–Trinajstić information content (AvgIpc) is 2.86. The van der Waals surface area contributed by atoms with Gasteiger partial charge in [-0.3, -0.25) is 4.99 Å². The number of rotatable bonds is 11. The molecular weight excluding hydrogens is 428 g/mol. The number of carbonyl (C=O) groups excluding carboxylic acids is 1. The molecule has 6 nitrogen and oxygen atoms in total. The summed E-state index contributed by atoms with van der Waals surface area (Å²) in [5, 5.41) is 19.4. The van der Waals surface area contributed by atoms with Crippen molar-refractivity contribution in [3.8, 4) is 23.3 Å². The second-order valence-corrected chi connectivity index (χ2v) is 7.78. The summed E-state index contributed by atoms with van der Waals surface area (Å²) in [5.41, 5.74) is 1.76. The number of aromatic hydroxyl groups is 1. The van der Waals surface area contributed by atoms with Crippen LogP contribution in [0.15, 0.2) is 71.7 Å². The third kappa shape index (κ3) is 7.21. The largest absolute Gasteiger partial charge is 0.507 e. The number of benzene rings is 3. The number of para-hydroxylation sites is 1. The fourth-order valence-electron chi connectivity index (χ4n) is 3.26. The molecule has 0 fully saturated rings. The summed E-state index contributed by atoms with van der Waals surface area (Å²) in [5.74, 6) is 0.303. The van der Waals surface area contributed by atoms with Gasteiger partial charge < -0.3 is 14.6 Å². The smallest absolute Gasteiger partial charge is 0.343 e. The molecule has 174 valence electrons. The van der Waals surface area contributed by atoms with E-state index in [9.17, 15) is 9.90 Å². The van der Waals surface area contributed by atoms with Crippen LogP contribution >= 0.6 is 0 Å². The molecule has 3 aromatic carbocycles. The van der Waals surface area contributed by atoms with E-state index < -0.39 is 5.97 Å². The van der Waals surface area contributed by atoms with Crippen molar-refractivity contribution in [3.05, 3.63) is 83.4 Å². The molecule has 0 amide bonds. The van der Waals surface area contributed by atoms with Crippen LogP contribution in [-0.4, -0.2) is 23.9 Å². The Morgan fingerprint density at radius 2 is 1.74 bits per heavy atom. The minimum Gasteiger partial charge on any atom is -0.507 e. The first-order chi connectivity index (χ1) is 16.6. The molecule has 34 heavy (non-hydrogen) atoms. The summed E-state index contributed by atoms with van der Waals surface area (Å²) in [6.07, 6.45) is 7.32. The van der Waals surface area contributed by atoms with Gasteiger partial charge in [0.1, 0.15) is 23.3 Å². The van der Waals surface area contributed by atoms with E-state index in [1.54, 1.807) is 60.7 Å². The van der Waals surface area contributed by atoms with E-state index in [4.69, 9.17) is 14.7 Å². The van der Waals surface area contributed by atoms with Gasteiger partial charge in [-0.05, 0) is 55.0 Å². The summed E-state index contributed by atoms with van der Waals surface area (Å²) < 4.78 is 11.1. The topological polar surface area (TPSA) is 91.9 Å². The summed E-state index contributed by atoms with van der Waals surface area (Å²) in [4.78, 5) is 16.7. The second-order valence-electron chi connectivity index (χ2n) is 7.78. The van der Waals surface area contributed by atoms with E-state index in [2.05, 4.69) is 18.0 Å². The number of carbonyl (C=O) groups is 1. The summed E-state index contributed by atoms with van der Waals surface area (Å²) in [6, 6.07) is 20.3. The predicted molar refractivity (Wildman–Crippen MR) is 132 cm³/mol. The molecule has 0 aliphatic heterocycles. The fourth-order valence-corrected chi connectivity index (χ4v) is 3.26. The number of esters is 1. The molecule has 6 heteroatoms. The lowest BCUT2D eigenvalue weighted by atomic mass is 10.2. The van der Waals surface area contributed by atoms with Crippen molar-refractivity contribution in [2.45, 2.75) is 39.0 Å². The zero-order chi connectivity index (χ0) is 24.2. The van der Waals surface area contributed by atoms with Gasteiger partial charge in [0.25, 0.3) is 0 Å². The molecule has 0 aliphatic rings. The minimum atomic E-state index is -0.533. The maximum Gasteiger partial charge on any atom is 0.343 e. The van der Waals surface area contributed by atoms with Crippen molar-refractivity contribution in [2.75, 3.05) is 6.61 Å². The van der Waals surface area contributed by atoms with Gasteiger partial charge in [-0.25, -0.2) is 4.79 Å². The fraction of sp³-hybridized carbons (Fsp3) is 0.250. The number of phenolic OH excluding ortho intramolecular Hbond substituents is 1. The zero-order valence-corrected chi connectivity index (χ0v) is 19.2. The lowest BCUT2D eigenvalue weighted by Gasteiger charge is -2.08. The molecule has 3 aromatic rings. The Kier molecular flexibility index (Phi) is 9.24. The quantitative estimate of drug-likeness (QED) is 0.152. The van der Waals surface area contributed by atoms with Gasteiger partial charge in [-0.1, -0.05) is 44.7 Å². The Balaban J connectivity index is 1.55. The standard InChI is InChI=1S/C28H28N2O4/c1-2-3-4-5-8-17-33-24-14-11-21(12-15-24)28(32)34-25-16-13-23(27(31)18-25)20-30-26-10-7-6-9-22(26)19-29/h6-7,9-16,18,20,31H,2-5,8,17H2,1H3. The summed E-state index contributed by atoms with van der Waals surface area (Å²) >= 11 is 0. The van der Waals surface area contributed by atoms with Gasteiger partial charge in [0.05, 0.1) is 23.4 Å². The molecule has 0 spiro atoms. The third-order valence-corrected chi connectivity index (χ3v) is 5.19. The Labute approximate surface area is 200 Å². The molecule has 0 aromatic heterocycles. The highest BCUT2D eigenvalue weighted by Gasteiger charge is 2.11. The number of phenols is 1. The Bertz CT molecular complexity index is 1160. The van der Waals surface area contributed by atoms with Gasteiger partial charge in [0, 0.05) is 17.8 Å². The van der Waals surface area contributed by atoms with E-state index in [0.717, 1.165) is 12.8 Å². The zero-order valence-electron chi connectivity index (χ0n) is 19.2. The lowest BCUT2D eigenvalue weighted by Crippen LogP contribution is -2.08. The molecule has 0 aliphatic carbocycles. The minimum absolute atomic E-state index is 0.0915. The molecule has 0 atom stereocenters. The van der Waals surface area contributed by atoms with E-state index in [1.807, 2.05) is 0 Å². The number of nitrogens with zero attached hydrogens (tertiary/aromatic N) is 2. The van der Waals surface area contributed by atoms with Gasteiger partial charge >= 0.3 is 5.97 Å². The highest BCUT2D eigenvalue weighted by molar-refractivity contribution is 5.91. The van der Waals surface area contributed by atoms with Gasteiger partial charge in [-0.15, -0.1) is 0 Å². The van der Waals surface area contributed by atoms with Crippen LogP contribution < -0.4 is 9.47 Å². The van der Waals surface area contributed by atoms with E-state index in [-0.39, 0.29) is 11.5 Å². The van der Waals surface area contributed by atoms with Crippen LogP contribution in [0.3, 0.4) is 0 Å². The maximum absolute atomic E-state index is 12.5. The summed E-state index contributed by atoms with van der Waals surface area (Å²) in [7, 11) is 0. The molecule has 0 unspecified atom stereocenters. The van der Waals surface area contributed by atoms with Crippen LogP contribution in [0.25, 0.3) is 0 Å². The normalized spacial score (nSPS) is 10.7. The van der Waals surface area contributed by atoms with Crippen LogP contribution in [0.1, 0.15) is 60.5 Å². The Morgan fingerprint density at radius 1 is 1.00 bits per heavy atom. The number of hydrogen-bond donors (Lipinski definition) is 1. The highest BCUT2D eigenvalue weighted by atomic mass is 16.5. The first kappa shape index (κ1) is 24.5. The number of nitriles is 1.